The molecule has 4 heteroatoms. The van der Waals surface area contributed by atoms with E-state index in [4.69, 9.17) is 9.47 Å². The van der Waals surface area contributed by atoms with E-state index < -0.39 is 0 Å². The van der Waals surface area contributed by atoms with Gasteiger partial charge in [0.1, 0.15) is 5.75 Å². The number of aromatic hydroxyl groups is 1. The lowest BCUT2D eigenvalue weighted by atomic mass is 9.79. The predicted octanol–water partition coefficient (Wildman–Crippen LogP) is 5.23. The monoisotopic (exact) mass is 352 g/mol. The summed E-state index contributed by atoms with van der Waals surface area (Å²) < 4.78 is 11.0. The van der Waals surface area contributed by atoms with Gasteiger partial charge in [-0.1, -0.05) is 41.5 Å². The molecule has 1 aromatic carbocycles. The summed E-state index contributed by atoms with van der Waals surface area (Å²) in [6, 6.07) is 4.30. The van der Waals surface area contributed by atoms with Gasteiger partial charge in [0.05, 0.1) is 13.2 Å². The van der Waals surface area contributed by atoms with Crippen molar-refractivity contribution in [1.82, 2.24) is 0 Å². The maximum atomic E-state index is 10.8. The second-order valence-corrected chi connectivity index (χ2v) is 9.70. The van der Waals surface area contributed by atoms with E-state index in [9.17, 15) is 5.11 Å². The molecule has 1 saturated heterocycles. The first-order valence-corrected chi connectivity index (χ1v) is 9.81. The topological polar surface area (TPSA) is 38.7 Å². The fraction of sp³-hybridized carbons (Fsp3) is 0.700. The molecule has 2 rings (SSSR count). The summed E-state index contributed by atoms with van der Waals surface area (Å²) in [5.41, 5.74) is 1.90. The molecule has 1 N–H and O–H groups in total. The Morgan fingerprint density at radius 1 is 1.00 bits per heavy atom. The lowest BCUT2D eigenvalue weighted by molar-refractivity contribution is -0.0466. The Hall–Kier alpha value is -0.710. The smallest absolute Gasteiger partial charge is 0.157 e. The van der Waals surface area contributed by atoms with Gasteiger partial charge in [0.15, 0.2) is 6.29 Å². The van der Waals surface area contributed by atoms with Gasteiger partial charge in [-0.05, 0) is 41.6 Å². The molecule has 0 atom stereocenters. The zero-order chi connectivity index (χ0) is 18.0. The molecule has 3 nitrogen and oxygen atoms in total. The largest absolute Gasteiger partial charge is 0.507 e. The molecule has 0 amide bonds. The second kappa shape index (κ2) is 7.67. The van der Waals surface area contributed by atoms with Crippen LogP contribution in [-0.2, 0) is 20.3 Å². The highest BCUT2D eigenvalue weighted by atomic mass is 32.2. The number of phenolic OH excluding ortho intramolecular Hbond substituents is 1. The Morgan fingerprint density at radius 2 is 1.50 bits per heavy atom. The molecule has 1 heterocycles. The third kappa shape index (κ3) is 5.14. The van der Waals surface area contributed by atoms with Crippen LogP contribution in [0, 0.1) is 0 Å². The Bertz CT molecular complexity index is 514. The number of benzene rings is 1. The van der Waals surface area contributed by atoms with Crippen molar-refractivity contribution in [3.05, 3.63) is 23.3 Å². The van der Waals surface area contributed by atoms with Gasteiger partial charge in [-0.3, -0.25) is 0 Å². The Balaban J connectivity index is 2.10. The normalized spacial score (nSPS) is 16.8. The SMILES string of the molecule is CC(C)(C)c1cc(SCCCC2OCCO2)cc(C(C)(C)C)c1O. The van der Waals surface area contributed by atoms with Crippen molar-refractivity contribution in [2.75, 3.05) is 19.0 Å². The first-order valence-electron chi connectivity index (χ1n) is 8.83. The first kappa shape index (κ1) is 19.6. The van der Waals surface area contributed by atoms with Crippen molar-refractivity contribution >= 4 is 11.8 Å². The summed E-state index contributed by atoms with van der Waals surface area (Å²) in [6.45, 7) is 14.3. The predicted molar refractivity (Wildman–Crippen MR) is 101 cm³/mol. The summed E-state index contributed by atoms with van der Waals surface area (Å²) >= 11 is 1.85. The quantitative estimate of drug-likeness (QED) is 0.581. The average Bonchev–Trinajstić information content (AvgIpc) is 2.95. The highest BCUT2D eigenvalue weighted by molar-refractivity contribution is 7.99. The lowest BCUT2D eigenvalue weighted by Crippen LogP contribution is -2.17. The van der Waals surface area contributed by atoms with Crippen LogP contribution >= 0.6 is 11.8 Å². The van der Waals surface area contributed by atoms with Crippen LogP contribution < -0.4 is 0 Å². The Morgan fingerprint density at radius 3 is 1.96 bits per heavy atom. The van der Waals surface area contributed by atoms with Gasteiger partial charge < -0.3 is 14.6 Å². The highest BCUT2D eigenvalue weighted by Gasteiger charge is 2.26. The molecule has 0 radical (unpaired) electrons. The van der Waals surface area contributed by atoms with Crippen LogP contribution in [0.1, 0.15) is 65.5 Å². The maximum Gasteiger partial charge on any atom is 0.157 e. The third-order valence-electron chi connectivity index (χ3n) is 4.24. The Labute approximate surface area is 151 Å². The first-order chi connectivity index (χ1) is 11.1. The van der Waals surface area contributed by atoms with E-state index in [0.29, 0.717) is 5.75 Å². The fourth-order valence-electron chi connectivity index (χ4n) is 2.85. The zero-order valence-corrected chi connectivity index (χ0v) is 16.8. The number of hydrogen-bond donors (Lipinski definition) is 1. The summed E-state index contributed by atoms with van der Waals surface area (Å²) in [7, 11) is 0. The molecule has 0 aromatic heterocycles. The van der Waals surface area contributed by atoms with Gasteiger partial charge in [-0.15, -0.1) is 11.8 Å². The highest BCUT2D eigenvalue weighted by Crippen LogP contribution is 2.41. The fourth-order valence-corrected chi connectivity index (χ4v) is 3.80. The molecule has 1 aliphatic rings. The molecule has 0 unspecified atom stereocenters. The van der Waals surface area contributed by atoms with Gasteiger partial charge in [0.25, 0.3) is 0 Å². The molecule has 1 aliphatic heterocycles. The average molecular weight is 353 g/mol. The maximum absolute atomic E-state index is 10.8. The van der Waals surface area contributed by atoms with Crippen molar-refractivity contribution in [1.29, 1.82) is 0 Å². The summed E-state index contributed by atoms with van der Waals surface area (Å²) in [5.74, 6) is 1.48. The minimum Gasteiger partial charge on any atom is -0.507 e. The summed E-state index contributed by atoms with van der Waals surface area (Å²) in [6.07, 6.45) is 2.00. The molecule has 0 saturated carbocycles. The Kier molecular flexibility index (Phi) is 6.27. The molecule has 1 fully saturated rings. The van der Waals surface area contributed by atoms with Crippen molar-refractivity contribution in [2.24, 2.45) is 0 Å². The van der Waals surface area contributed by atoms with Gasteiger partial charge in [-0.2, -0.15) is 0 Å². The van der Waals surface area contributed by atoms with E-state index in [2.05, 4.69) is 53.7 Å². The molecule has 136 valence electrons. The van der Waals surface area contributed by atoms with E-state index in [0.717, 1.165) is 42.9 Å². The number of phenols is 1. The van der Waals surface area contributed by atoms with Crippen LogP contribution in [-0.4, -0.2) is 30.4 Å². The van der Waals surface area contributed by atoms with Crippen LogP contribution in [0.5, 0.6) is 5.75 Å². The standard InChI is InChI=1S/C20H32O3S/c1-19(2,3)15-12-14(13-16(18(15)21)20(4,5)6)24-11-7-8-17-22-9-10-23-17/h12-13,17,21H,7-11H2,1-6H3. The van der Waals surface area contributed by atoms with Crippen LogP contribution in [0.3, 0.4) is 0 Å². The van der Waals surface area contributed by atoms with Crippen molar-refractivity contribution in [3.8, 4) is 5.75 Å². The zero-order valence-electron chi connectivity index (χ0n) is 15.9. The molecule has 0 spiro atoms. The summed E-state index contributed by atoms with van der Waals surface area (Å²) in [5, 5.41) is 10.8. The van der Waals surface area contributed by atoms with E-state index in [1.54, 1.807) is 0 Å². The van der Waals surface area contributed by atoms with Crippen molar-refractivity contribution in [2.45, 2.75) is 76.4 Å². The van der Waals surface area contributed by atoms with Crippen LogP contribution in [0.2, 0.25) is 0 Å². The lowest BCUT2D eigenvalue weighted by Gasteiger charge is -2.28. The molecule has 0 bridgehead atoms. The minimum absolute atomic E-state index is 0.0132. The van der Waals surface area contributed by atoms with Gasteiger partial charge in [0, 0.05) is 16.0 Å². The molecular formula is C20H32O3S. The van der Waals surface area contributed by atoms with Crippen LogP contribution in [0.25, 0.3) is 0 Å². The van der Waals surface area contributed by atoms with Gasteiger partial charge in [-0.25, -0.2) is 0 Å². The van der Waals surface area contributed by atoms with Crippen molar-refractivity contribution in [3.63, 3.8) is 0 Å². The minimum atomic E-state index is -0.0772. The molecule has 1 aromatic rings. The van der Waals surface area contributed by atoms with E-state index in [1.165, 1.54) is 4.90 Å². The second-order valence-electron chi connectivity index (χ2n) is 8.53. The van der Waals surface area contributed by atoms with Crippen LogP contribution in [0.4, 0.5) is 0 Å². The van der Waals surface area contributed by atoms with E-state index >= 15 is 0 Å². The van der Waals surface area contributed by atoms with Crippen molar-refractivity contribution < 1.29 is 14.6 Å². The molecule has 24 heavy (non-hydrogen) atoms. The summed E-state index contributed by atoms with van der Waals surface area (Å²) in [4.78, 5) is 1.23. The number of rotatable bonds is 5. The molecular weight excluding hydrogens is 320 g/mol. The number of hydrogen-bond acceptors (Lipinski definition) is 4. The third-order valence-corrected chi connectivity index (χ3v) is 5.31. The van der Waals surface area contributed by atoms with E-state index in [-0.39, 0.29) is 17.1 Å². The van der Waals surface area contributed by atoms with E-state index in [1.807, 2.05) is 11.8 Å². The number of thioether (sulfide) groups is 1. The molecule has 0 aliphatic carbocycles. The van der Waals surface area contributed by atoms with Crippen LogP contribution in [0.15, 0.2) is 17.0 Å². The van der Waals surface area contributed by atoms with Gasteiger partial charge in [0.2, 0.25) is 0 Å². The van der Waals surface area contributed by atoms with Gasteiger partial charge >= 0.3 is 0 Å². The number of ether oxygens (including phenoxy) is 2.